The molecule has 8 heteroatoms. The van der Waals surface area contributed by atoms with Crippen LogP contribution in [-0.4, -0.2) is 24.9 Å². The summed E-state index contributed by atoms with van der Waals surface area (Å²) in [6.07, 6.45) is 5.65. The first-order chi connectivity index (χ1) is 11.1. The summed E-state index contributed by atoms with van der Waals surface area (Å²) in [4.78, 5) is 12.5. The van der Waals surface area contributed by atoms with Crippen LogP contribution in [0.5, 0.6) is 0 Å². The molecule has 23 heavy (non-hydrogen) atoms. The fourth-order valence-corrected chi connectivity index (χ4v) is 3.38. The molecule has 1 fully saturated rings. The number of thioether (sulfide) groups is 1. The SMILES string of the molecule is O=c1c2nnc(SCC3CC3)n2ccn1-c1ccc(F)c(F)c1. The van der Waals surface area contributed by atoms with Gasteiger partial charge in [0.05, 0.1) is 5.69 Å². The fraction of sp³-hybridized carbons (Fsp3) is 0.267. The molecule has 0 bridgehead atoms. The van der Waals surface area contributed by atoms with Gasteiger partial charge in [-0.2, -0.15) is 0 Å². The minimum atomic E-state index is -1.00. The van der Waals surface area contributed by atoms with E-state index in [0.717, 1.165) is 23.8 Å². The van der Waals surface area contributed by atoms with Gasteiger partial charge in [0.15, 0.2) is 16.8 Å². The molecule has 0 amide bonds. The summed E-state index contributed by atoms with van der Waals surface area (Å²) in [5.74, 6) is -0.261. The first kappa shape index (κ1) is 14.4. The lowest BCUT2D eigenvalue weighted by Gasteiger charge is -2.06. The van der Waals surface area contributed by atoms with Gasteiger partial charge in [0.1, 0.15) is 0 Å². The monoisotopic (exact) mass is 334 g/mol. The van der Waals surface area contributed by atoms with E-state index in [2.05, 4.69) is 10.2 Å². The molecule has 3 aromatic rings. The Hall–Kier alpha value is -2.22. The predicted octanol–water partition coefficient (Wildman–Crippen LogP) is 2.66. The first-order valence-electron chi connectivity index (χ1n) is 7.18. The Bertz CT molecular complexity index is 948. The van der Waals surface area contributed by atoms with Gasteiger partial charge >= 0.3 is 5.56 Å². The molecule has 1 saturated carbocycles. The molecular weight excluding hydrogens is 322 g/mol. The second-order valence-electron chi connectivity index (χ2n) is 5.50. The van der Waals surface area contributed by atoms with Crippen LogP contribution in [0.4, 0.5) is 8.78 Å². The van der Waals surface area contributed by atoms with Crippen molar-refractivity contribution in [2.24, 2.45) is 5.92 Å². The average molecular weight is 334 g/mol. The molecule has 118 valence electrons. The molecule has 2 aromatic heterocycles. The maximum atomic E-state index is 13.4. The number of halogens is 2. The largest absolute Gasteiger partial charge is 0.300 e. The molecule has 2 heterocycles. The minimum absolute atomic E-state index is 0.163. The van der Waals surface area contributed by atoms with Gasteiger partial charge in [0.2, 0.25) is 5.65 Å². The lowest BCUT2D eigenvalue weighted by atomic mass is 10.3. The predicted molar refractivity (Wildman–Crippen MR) is 81.9 cm³/mol. The van der Waals surface area contributed by atoms with Crippen molar-refractivity contribution in [3.63, 3.8) is 0 Å². The normalized spacial score (nSPS) is 14.5. The molecule has 1 aromatic carbocycles. The van der Waals surface area contributed by atoms with Crippen molar-refractivity contribution in [2.45, 2.75) is 18.0 Å². The molecule has 1 aliphatic rings. The van der Waals surface area contributed by atoms with E-state index >= 15 is 0 Å². The van der Waals surface area contributed by atoms with E-state index < -0.39 is 17.2 Å². The quantitative estimate of drug-likeness (QED) is 0.689. The van der Waals surface area contributed by atoms with E-state index in [1.165, 1.54) is 29.7 Å². The molecule has 1 aliphatic carbocycles. The van der Waals surface area contributed by atoms with Gasteiger partial charge in [-0.25, -0.2) is 8.78 Å². The second-order valence-corrected chi connectivity index (χ2v) is 6.49. The molecule has 0 aliphatic heterocycles. The maximum absolute atomic E-state index is 13.4. The van der Waals surface area contributed by atoms with Crippen molar-refractivity contribution in [2.75, 3.05) is 5.75 Å². The minimum Gasteiger partial charge on any atom is -0.279 e. The number of rotatable bonds is 4. The van der Waals surface area contributed by atoms with Gasteiger partial charge in [0.25, 0.3) is 0 Å². The molecule has 0 spiro atoms. The summed E-state index contributed by atoms with van der Waals surface area (Å²) in [5, 5.41) is 8.65. The lowest BCUT2D eigenvalue weighted by Crippen LogP contribution is -2.20. The number of hydrogen-bond donors (Lipinski definition) is 0. The molecule has 0 N–H and O–H groups in total. The molecule has 4 rings (SSSR count). The van der Waals surface area contributed by atoms with Gasteiger partial charge in [-0.1, -0.05) is 11.8 Å². The van der Waals surface area contributed by atoms with Crippen molar-refractivity contribution in [3.05, 3.63) is 52.6 Å². The number of aromatic nitrogens is 4. The first-order valence-corrected chi connectivity index (χ1v) is 8.16. The Morgan fingerprint density at radius 2 is 2.00 bits per heavy atom. The summed E-state index contributed by atoms with van der Waals surface area (Å²) in [7, 11) is 0. The van der Waals surface area contributed by atoms with E-state index in [0.29, 0.717) is 5.16 Å². The lowest BCUT2D eigenvalue weighted by molar-refractivity contribution is 0.508. The zero-order chi connectivity index (χ0) is 16.0. The van der Waals surface area contributed by atoms with E-state index in [9.17, 15) is 13.6 Å². The number of hydrogen-bond acceptors (Lipinski definition) is 4. The summed E-state index contributed by atoms with van der Waals surface area (Å²) < 4.78 is 29.3. The highest BCUT2D eigenvalue weighted by Crippen LogP contribution is 2.34. The number of benzene rings is 1. The Morgan fingerprint density at radius 3 is 2.74 bits per heavy atom. The highest BCUT2D eigenvalue weighted by molar-refractivity contribution is 7.99. The summed E-state index contributed by atoms with van der Waals surface area (Å²) >= 11 is 1.57. The van der Waals surface area contributed by atoms with E-state index in [4.69, 9.17) is 0 Å². The molecule has 0 radical (unpaired) electrons. The van der Waals surface area contributed by atoms with Gasteiger partial charge in [-0.05, 0) is 30.9 Å². The topological polar surface area (TPSA) is 52.2 Å². The van der Waals surface area contributed by atoms with Crippen LogP contribution >= 0.6 is 11.8 Å². The zero-order valence-electron chi connectivity index (χ0n) is 11.9. The van der Waals surface area contributed by atoms with E-state index in [-0.39, 0.29) is 11.3 Å². The van der Waals surface area contributed by atoms with Crippen molar-refractivity contribution >= 4 is 17.4 Å². The Balaban J connectivity index is 1.75. The van der Waals surface area contributed by atoms with Crippen LogP contribution in [0.3, 0.4) is 0 Å². The van der Waals surface area contributed by atoms with Gasteiger partial charge in [-0.15, -0.1) is 10.2 Å². The summed E-state index contributed by atoms with van der Waals surface area (Å²) in [6, 6.07) is 3.31. The molecule has 0 unspecified atom stereocenters. The fourth-order valence-electron chi connectivity index (χ4n) is 2.28. The number of fused-ring (bicyclic) bond motifs is 1. The van der Waals surface area contributed by atoms with Crippen LogP contribution in [-0.2, 0) is 0 Å². The van der Waals surface area contributed by atoms with Gasteiger partial charge in [-0.3, -0.25) is 13.8 Å². The van der Waals surface area contributed by atoms with Gasteiger partial charge < -0.3 is 0 Å². The van der Waals surface area contributed by atoms with Crippen molar-refractivity contribution < 1.29 is 8.78 Å². The van der Waals surface area contributed by atoms with Crippen molar-refractivity contribution in [1.29, 1.82) is 0 Å². The van der Waals surface area contributed by atoms with Gasteiger partial charge in [0, 0.05) is 24.2 Å². The Labute approximate surface area is 134 Å². The van der Waals surface area contributed by atoms with Crippen molar-refractivity contribution in [1.82, 2.24) is 19.2 Å². The smallest absolute Gasteiger partial charge is 0.279 e. The highest BCUT2D eigenvalue weighted by Gasteiger charge is 2.22. The van der Waals surface area contributed by atoms with E-state index in [1.54, 1.807) is 22.4 Å². The summed E-state index contributed by atoms with van der Waals surface area (Å²) in [6.45, 7) is 0. The van der Waals surface area contributed by atoms with Crippen molar-refractivity contribution in [3.8, 4) is 5.69 Å². The average Bonchev–Trinajstić information content (AvgIpc) is 3.28. The highest BCUT2D eigenvalue weighted by atomic mass is 32.2. The molecule has 5 nitrogen and oxygen atoms in total. The third-order valence-corrected chi connectivity index (χ3v) is 4.94. The Kier molecular flexibility index (Phi) is 3.41. The van der Waals surface area contributed by atoms with Crippen LogP contribution in [0.2, 0.25) is 0 Å². The van der Waals surface area contributed by atoms with Crippen LogP contribution in [0.1, 0.15) is 12.8 Å². The standard InChI is InChI=1S/C15H12F2N4OS/c16-11-4-3-10(7-12(11)17)20-5-6-21-13(14(20)22)18-19-15(21)23-8-9-1-2-9/h3-7,9H,1-2,8H2. The molecule has 0 atom stereocenters. The third-order valence-electron chi connectivity index (χ3n) is 3.77. The number of nitrogens with zero attached hydrogens (tertiary/aromatic N) is 4. The molecule has 0 saturated heterocycles. The van der Waals surface area contributed by atoms with E-state index in [1.807, 2.05) is 0 Å². The van der Waals surface area contributed by atoms with Crippen LogP contribution in [0.25, 0.3) is 11.3 Å². The summed E-state index contributed by atoms with van der Waals surface area (Å²) in [5.41, 5.74) is -0.0219. The second kappa shape index (κ2) is 5.45. The third kappa shape index (κ3) is 2.63. The zero-order valence-corrected chi connectivity index (χ0v) is 12.8. The van der Waals surface area contributed by atoms with Crippen LogP contribution < -0.4 is 5.56 Å². The Morgan fingerprint density at radius 1 is 1.17 bits per heavy atom. The maximum Gasteiger partial charge on any atom is 0.300 e. The van der Waals surface area contributed by atoms with Crippen LogP contribution in [0.15, 0.2) is 40.5 Å². The van der Waals surface area contributed by atoms with Crippen LogP contribution in [0, 0.1) is 17.6 Å². The molecular formula is C15H12F2N4OS.